The Hall–Kier alpha value is -5.25. The molecule has 0 unspecified atom stereocenters. The summed E-state index contributed by atoms with van der Waals surface area (Å²) in [5, 5.41) is 7.32. The van der Waals surface area contributed by atoms with E-state index < -0.39 is 27.6 Å². The third-order valence-corrected chi connectivity index (χ3v) is 10.9. The van der Waals surface area contributed by atoms with Crippen molar-refractivity contribution in [2.45, 2.75) is 66.8 Å². The molecule has 0 aliphatic carbocycles. The van der Waals surface area contributed by atoms with Crippen LogP contribution in [0.4, 0.5) is 11.6 Å². The first-order valence-electron chi connectivity index (χ1n) is 19.7. The van der Waals surface area contributed by atoms with Crippen molar-refractivity contribution in [2.75, 3.05) is 66.3 Å². The van der Waals surface area contributed by atoms with Crippen LogP contribution in [0, 0.1) is 11.3 Å². The Labute approximate surface area is 403 Å². The Morgan fingerprint density at radius 1 is 0.706 bits per heavy atom. The van der Waals surface area contributed by atoms with Gasteiger partial charge in [0.05, 0.1) is 44.7 Å². The van der Waals surface area contributed by atoms with Crippen LogP contribution in [0.1, 0.15) is 44.0 Å². The number of benzene rings is 2. The highest BCUT2D eigenvalue weighted by atomic mass is 79.9. The number of nitrogen functional groups attached to an aromatic ring is 2. The lowest BCUT2D eigenvalue weighted by Crippen LogP contribution is -2.18. The number of nitrogens with two attached hydrogens (primary N) is 2. The van der Waals surface area contributed by atoms with Gasteiger partial charge in [0.1, 0.15) is 30.9 Å². The van der Waals surface area contributed by atoms with Gasteiger partial charge in [-0.3, -0.25) is 18.3 Å². The summed E-state index contributed by atoms with van der Waals surface area (Å²) < 4.78 is 57.1. The number of fused-ring (bicyclic) bond motifs is 2. The van der Waals surface area contributed by atoms with E-state index in [9.17, 15) is 18.7 Å². The van der Waals surface area contributed by atoms with Crippen LogP contribution in [0.5, 0.6) is 12.0 Å². The van der Waals surface area contributed by atoms with Crippen molar-refractivity contribution in [1.29, 1.82) is 5.26 Å². The van der Waals surface area contributed by atoms with E-state index in [-0.39, 0.29) is 94.0 Å². The average Bonchev–Trinajstić information content (AvgIpc) is 3.72. The number of nitrogens with zero attached hydrogens (tertiary/aromatic N) is 7. The lowest BCUT2D eigenvalue weighted by Gasteiger charge is -2.14. The second-order valence-corrected chi connectivity index (χ2v) is 30.0. The van der Waals surface area contributed by atoms with Crippen molar-refractivity contribution in [3.8, 4) is 18.1 Å². The minimum Gasteiger partial charge on any atom is -0.461 e. The second kappa shape index (κ2) is 28.3. The fourth-order valence-electron chi connectivity index (χ4n) is 5.60. The molecule has 376 valence electrons. The maximum atomic E-state index is 12.5. The zero-order valence-electron chi connectivity index (χ0n) is 37.8. The van der Waals surface area contributed by atoms with E-state index in [4.69, 9.17) is 54.5 Å². The quantitative estimate of drug-likeness (QED) is 0.0240. The highest BCUT2D eigenvalue weighted by molar-refractivity contribution is 9.26. The Kier molecular flexibility index (Phi) is 25.3. The molecule has 2 aromatic carbocycles. The monoisotopic (exact) mass is 1070 g/mol. The van der Waals surface area contributed by atoms with Crippen LogP contribution in [-0.4, -0.2) is 110 Å². The molecule has 27 heteroatoms. The normalized spacial score (nSPS) is 11.1. The molecule has 0 spiro atoms. The first kappa shape index (κ1) is 60.8. The minimum absolute atomic E-state index is 0. The molecule has 6 aromatic rings. The number of rotatable bonds is 18. The third-order valence-electron chi connectivity index (χ3n) is 8.28. The summed E-state index contributed by atoms with van der Waals surface area (Å²) in [6.07, 6.45) is -0.264. The highest BCUT2D eigenvalue weighted by Gasteiger charge is 2.22. The first-order chi connectivity index (χ1) is 31.1. The van der Waals surface area contributed by atoms with E-state index in [0.717, 1.165) is 11.1 Å². The number of methoxy groups -OCH3 is 2. The van der Waals surface area contributed by atoms with E-state index in [1.165, 1.54) is 37.4 Å². The van der Waals surface area contributed by atoms with Crippen molar-refractivity contribution in [3.63, 3.8) is 0 Å². The molecule has 0 radical (unpaired) electrons. The molecule has 0 fully saturated rings. The van der Waals surface area contributed by atoms with E-state index in [0.29, 0.717) is 35.5 Å². The molecule has 6 rings (SSSR count). The van der Waals surface area contributed by atoms with Gasteiger partial charge in [0.25, 0.3) is 0 Å². The van der Waals surface area contributed by atoms with Gasteiger partial charge in [-0.15, -0.1) is 15.3 Å². The lowest BCUT2D eigenvalue weighted by atomic mass is 10.1. The fraction of sp³-hybridized carbons (Fsp3) is 0.439. The maximum absolute atomic E-state index is 12.5. The molecular weight excluding hydrogens is 1010 g/mol. The van der Waals surface area contributed by atoms with E-state index in [1.54, 1.807) is 37.4 Å². The molecule has 4 aromatic heterocycles. The predicted octanol–water partition coefficient (Wildman–Crippen LogP) is 6.23. The standard InChI is InChI=1S/C18H24N5O6P.C16H20N5O6P.C3H9BrSi.C2H3N.2CH4/c1-26-7-8-29-17-21-15(19)14-16(22-17)23(18(24)20-14)10-12-5-4-6-13(9-12)11-30(25,27-2)28-3;1-26-5-6-27-15-19-13(17)12-14(20-15)21(16(22)18-12)8-10-3-2-4-11(7-10)9-28(23,24)25;1-5(2,3)4;1-2-3;;/h4-6,9H,7-8,10-11H2,1-3H3,(H,20,24)(H2,19,21,22);2-4,7H,5-6,8-9H2,1H3,(H,18,22)(H2,17,19,20)(H2,23,24,25);1-3H3;1H3;2*1H4. The SMILES string of the molecule is C.C.CC#N.COCCOc1nc(N)c2[nH]c(=O)n(Cc3cccc(CP(=O)(O)O)c3)c2n1.COCCOc1nc(N)c2[nH]c(=O)n(Cc3cccc(CP(=O)(OC)OC)c3)c2n1.C[Si](C)(C)Br. The summed E-state index contributed by atoms with van der Waals surface area (Å²) in [5.41, 5.74) is 14.9. The zero-order valence-corrected chi connectivity index (χ0v) is 42.2. The summed E-state index contributed by atoms with van der Waals surface area (Å²) in [6.45, 7) is 8.87. The number of anilines is 2. The summed E-state index contributed by atoms with van der Waals surface area (Å²) >= 11 is 3.51. The Balaban J connectivity index is 0.000000573. The highest BCUT2D eigenvalue weighted by Crippen LogP contribution is 2.49. The van der Waals surface area contributed by atoms with Crippen molar-refractivity contribution < 1.29 is 46.9 Å². The van der Waals surface area contributed by atoms with Gasteiger partial charge in [0.15, 0.2) is 22.9 Å². The Morgan fingerprint density at radius 2 is 1.06 bits per heavy atom. The third kappa shape index (κ3) is 19.8. The van der Waals surface area contributed by atoms with Gasteiger partial charge in [0, 0.05) is 35.4 Å². The van der Waals surface area contributed by atoms with Gasteiger partial charge in [0.2, 0.25) is 0 Å². The van der Waals surface area contributed by atoms with Gasteiger partial charge in [-0.1, -0.05) is 83.0 Å². The number of aromatic nitrogens is 8. The molecule has 0 aliphatic rings. The number of imidazole rings is 2. The van der Waals surface area contributed by atoms with Crippen LogP contribution >= 0.6 is 30.5 Å². The van der Waals surface area contributed by atoms with Gasteiger partial charge >= 0.3 is 38.6 Å². The molecule has 8 N–H and O–H groups in total. The van der Waals surface area contributed by atoms with E-state index >= 15 is 0 Å². The van der Waals surface area contributed by atoms with Gasteiger partial charge in [-0.05, 0) is 22.3 Å². The van der Waals surface area contributed by atoms with Crippen LogP contribution in [0.25, 0.3) is 22.3 Å². The topological polar surface area (TPSA) is 333 Å². The number of nitrogens with one attached hydrogen (secondary N) is 2. The van der Waals surface area contributed by atoms with Gasteiger partial charge < -0.3 is 59.2 Å². The maximum Gasteiger partial charge on any atom is 0.334 e. The lowest BCUT2D eigenvalue weighted by molar-refractivity contribution is 0.141. The molecule has 0 aliphatic heterocycles. The molecule has 0 atom stereocenters. The van der Waals surface area contributed by atoms with Crippen LogP contribution in [0.15, 0.2) is 58.1 Å². The summed E-state index contributed by atoms with van der Waals surface area (Å²) in [6, 6.07) is 15.8. The fourth-order valence-corrected chi connectivity index (χ4v) is 7.32. The van der Waals surface area contributed by atoms with Gasteiger partial charge in [-0.25, -0.2) is 9.59 Å². The predicted molar refractivity (Wildman–Crippen MR) is 269 cm³/mol. The van der Waals surface area contributed by atoms with Crippen LogP contribution in [-0.2, 0) is 53.1 Å². The Morgan fingerprint density at radius 3 is 1.40 bits per heavy atom. The van der Waals surface area contributed by atoms with Crippen molar-refractivity contribution >= 4 is 71.1 Å². The van der Waals surface area contributed by atoms with Crippen LogP contribution < -0.4 is 32.3 Å². The molecular formula is C41H64BrN11O12P2Si. The van der Waals surface area contributed by atoms with Crippen molar-refractivity contribution in [2.24, 2.45) is 0 Å². The van der Waals surface area contributed by atoms with Crippen LogP contribution in [0.3, 0.4) is 0 Å². The molecule has 0 bridgehead atoms. The summed E-state index contributed by atoms with van der Waals surface area (Å²) in [7, 11) is -1.63. The Bertz CT molecular complexity index is 2770. The van der Waals surface area contributed by atoms with Crippen molar-refractivity contribution in [3.05, 3.63) is 91.8 Å². The summed E-state index contributed by atoms with van der Waals surface area (Å²) in [4.78, 5) is 65.1. The molecule has 4 heterocycles. The molecule has 0 amide bonds. The minimum atomic E-state index is -4.19. The molecule has 23 nitrogen and oxygen atoms in total. The zero-order chi connectivity index (χ0) is 49.2. The second-order valence-electron chi connectivity index (χ2n) is 14.8. The van der Waals surface area contributed by atoms with Crippen molar-refractivity contribution in [1.82, 2.24) is 39.0 Å². The number of H-pyrrole nitrogens is 2. The molecule has 68 heavy (non-hydrogen) atoms. The van der Waals surface area contributed by atoms with E-state index in [2.05, 4.69) is 64.8 Å². The van der Waals surface area contributed by atoms with Gasteiger partial charge in [-0.2, -0.15) is 25.2 Å². The number of halogens is 1. The number of aromatic amines is 2. The molecule has 0 saturated carbocycles. The largest absolute Gasteiger partial charge is 0.461 e. The van der Waals surface area contributed by atoms with Crippen LogP contribution in [0.2, 0.25) is 19.6 Å². The number of ether oxygens (including phenoxy) is 4. The first-order valence-corrected chi connectivity index (χ1v) is 29.0. The number of hydrogen-bond donors (Lipinski definition) is 6. The molecule has 0 saturated heterocycles. The number of nitriles is 1. The number of hydrogen-bond acceptors (Lipinski definition) is 17. The average molecular weight is 1070 g/mol. The summed E-state index contributed by atoms with van der Waals surface area (Å²) in [5.74, 6) is 0.182. The van der Waals surface area contributed by atoms with E-state index in [1.807, 2.05) is 24.3 Å². The smallest absolute Gasteiger partial charge is 0.334 e.